The van der Waals surface area contributed by atoms with Crippen LogP contribution in [0.4, 0.5) is 0 Å². The molecule has 0 saturated heterocycles. The van der Waals surface area contributed by atoms with Crippen molar-refractivity contribution in [1.29, 1.82) is 0 Å². The molecule has 24 heavy (non-hydrogen) atoms. The third-order valence-corrected chi connectivity index (χ3v) is 4.43. The summed E-state index contributed by atoms with van der Waals surface area (Å²) in [4.78, 5) is 35.3. The van der Waals surface area contributed by atoms with E-state index in [0.29, 0.717) is 30.0 Å². The minimum absolute atomic E-state index is 0.0924. The van der Waals surface area contributed by atoms with Crippen LogP contribution in [0.25, 0.3) is 11.0 Å². The summed E-state index contributed by atoms with van der Waals surface area (Å²) in [5.74, 6) is 0.334. The predicted octanol–water partition coefficient (Wildman–Crippen LogP) is 0.259. The van der Waals surface area contributed by atoms with Crippen molar-refractivity contribution in [1.82, 2.24) is 14.5 Å². The molecule has 1 atom stereocenters. The summed E-state index contributed by atoms with van der Waals surface area (Å²) in [5.41, 5.74) is 7.78. The second-order valence-corrected chi connectivity index (χ2v) is 6.05. The van der Waals surface area contributed by atoms with Crippen LogP contribution in [0.2, 0.25) is 0 Å². The van der Waals surface area contributed by atoms with Crippen LogP contribution in [0.1, 0.15) is 24.8 Å². The molecule has 0 radical (unpaired) electrons. The first kappa shape index (κ1) is 16.0. The van der Waals surface area contributed by atoms with Gasteiger partial charge in [-0.1, -0.05) is 19.1 Å². The lowest BCUT2D eigenvalue weighted by Gasteiger charge is -2.25. The number of para-hydroxylation sites is 1. The van der Waals surface area contributed by atoms with Crippen molar-refractivity contribution >= 4 is 17.3 Å². The van der Waals surface area contributed by atoms with E-state index in [4.69, 9.17) is 5.73 Å². The van der Waals surface area contributed by atoms with Crippen molar-refractivity contribution in [3.05, 3.63) is 56.4 Å². The fourth-order valence-electron chi connectivity index (χ4n) is 3.22. The quantitative estimate of drug-likeness (QED) is 0.466. The van der Waals surface area contributed by atoms with Crippen LogP contribution in [0, 0.1) is 0 Å². The second kappa shape index (κ2) is 6.35. The zero-order valence-electron chi connectivity index (χ0n) is 13.5. The Morgan fingerprint density at radius 1 is 1.38 bits per heavy atom. The molecule has 126 valence electrons. The van der Waals surface area contributed by atoms with Crippen molar-refractivity contribution < 1.29 is 4.79 Å². The Morgan fingerprint density at radius 2 is 2.17 bits per heavy atom. The topological polar surface area (TPSA) is 99.1 Å². The van der Waals surface area contributed by atoms with Crippen LogP contribution in [0.5, 0.6) is 0 Å². The summed E-state index contributed by atoms with van der Waals surface area (Å²) < 4.78 is 2.98. The summed E-state index contributed by atoms with van der Waals surface area (Å²) in [6.45, 7) is 2.90. The number of aryl methyl sites for hydroxylation is 1. The van der Waals surface area contributed by atoms with E-state index in [-0.39, 0.29) is 13.1 Å². The van der Waals surface area contributed by atoms with Crippen molar-refractivity contribution in [2.24, 2.45) is 5.73 Å². The highest BCUT2D eigenvalue weighted by atomic mass is 16.2. The van der Waals surface area contributed by atoms with Crippen molar-refractivity contribution in [3.8, 4) is 0 Å². The molecule has 0 saturated carbocycles. The SMILES string of the molecule is CC1CCn2c(=O)c(=O)n(C/C(N)=C/NCC=O)c3cccc1c32. The lowest BCUT2D eigenvalue weighted by Crippen LogP contribution is -2.43. The molecule has 0 bridgehead atoms. The molecule has 2 heterocycles. The molecule has 3 N–H and O–H groups in total. The monoisotopic (exact) mass is 328 g/mol. The van der Waals surface area contributed by atoms with E-state index >= 15 is 0 Å². The Morgan fingerprint density at radius 3 is 2.92 bits per heavy atom. The zero-order chi connectivity index (χ0) is 17.3. The van der Waals surface area contributed by atoms with Crippen LogP contribution in [-0.2, 0) is 17.9 Å². The van der Waals surface area contributed by atoms with E-state index in [1.807, 2.05) is 18.2 Å². The van der Waals surface area contributed by atoms with Crippen molar-refractivity contribution in [2.75, 3.05) is 6.54 Å². The molecule has 0 amide bonds. The lowest BCUT2D eigenvalue weighted by molar-refractivity contribution is -0.107. The minimum atomic E-state index is -0.582. The standard InChI is InChI=1S/C17H20N4O3/c1-11-5-7-20-15-13(11)3-2-4-14(15)21(17(24)16(20)23)10-12(18)9-19-6-8-22/h2-4,8-9,11,19H,5-7,10,18H2,1H3/b12-9-. The average Bonchev–Trinajstić information content (AvgIpc) is 2.58. The highest BCUT2D eigenvalue weighted by molar-refractivity contribution is 5.80. The molecule has 7 heteroatoms. The first-order valence-electron chi connectivity index (χ1n) is 7.92. The van der Waals surface area contributed by atoms with E-state index in [9.17, 15) is 14.4 Å². The Labute approximate surface area is 138 Å². The van der Waals surface area contributed by atoms with E-state index < -0.39 is 11.1 Å². The fourth-order valence-corrected chi connectivity index (χ4v) is 3.22. The number of rotatable bonds is 5. The van der Waals surface area contributed by atoms with Gasteiger partial charge >= 0.3 is 11.1 Å². The molecular weight excluding hydrogens is 308 g/mol. The summed E-state index contributed by atoms with van der Waals surface area (Å²) >= 11 is 0. The molecule has 0 fully saturated rings. The molecule has 7 nitrogen and oxygen atoms in total. The second-order valence-electron chi connectivity index (χ2n) is 6.05. The number of carbonyl (C=O) groups is 1. The first-order chi connectivity index (χ1) is 11.5. The third kappa shape index (κ3) is 2.62. The zero-order valence-corrected chi connectivity index (χ0v) is 13.5. The van der Waals surface area contributed by atoms with Gasteiger partial charge in [0.1, 0.15) is 6.29 Å². The number of carbonyl (C=O) groups excluding carboxylic acids is 1. The number of benzene rings is 1. The number of hydrogen-bond acceptors (Lipinski definition) is 5. The number of hydrogen-bond donors (Lipinski definition) is 2. The third-order valence-electron chi connectivity index (χ3n) is 4.43. The van der Waals surface area contributed by atoms with Crippen LogP contribution >= 0.6 is 0 Å². The molecule has 1 unspecified atom stereocenters. The molecular formula is C17H20N4O3. The first-order valence-corrected chi connectivity index (χ1v) is 7.92. The van der Waals surface area contributed by atoms with E-state index in [1.54, 1.807) is 4.57 Å². The summed E-state index contributed by atoms with van der Waals surface area (Å²) in [6.07, 6.45) is 3.04. The molecule has 1 aliphatic rings. The Hall–Kier alpha value is -2.83. The maximum atomic E-state index is 12.5. The molecule has 0 spiro atoms. The fraction of sp³-hybridized carbons (Fsp3) is 0.353. The maximum absolute atomic E-state index is 12.5. The Kier molecular flexibility index (Phi) is 4.24. The van der Waals surface area contributed by atoms with Gasteiger partial charge in [-0.15, -0.1) is 0 Å². The Bertz CT molecular complexity index is 939. The summed E-state index contributed by atoms with van der Waals surface area (Å²) in [6, 6.07) is 5.73. The average molecular weight is 328 g/mol. The van der Waals surface area contributed by atoms with Gasteiger partial charge in [0.2, 0.25) is 0 Å². The largest absolute Gasteiger partial charge is 0.399 e. The molecule has 2 aromatic rings. The van der Waals surface area contributed by atoms with E-state index in [1.165, 1.54) is 10.8 Å². The minimum Gasteiger partial charge on any atom is -0.399 e. The molecule has 1 aromatic heterocycles. The van der Waals surface area contributed by atoms with Gasteiger partial charge in [-0.2, -0.15) is 0 Å². The normalized spacial score (nSPS) is 17.0. The highest BCUT2D eigenvalue weighted by Crippen LogP contribution is 2.30. The number of nitrogens with one attached hydrogen (secondary N) is 1. The number of aromatic nitrogens is 2. The van der Waals surface area contributed by atoms with E-state index in [0.717, 1.165) is 17.5 Å². The van der Waals surface area contributed by atoms with Crippen molar-refractivity contribution in [3.63, 3.8) is 0 Å². The highest BCUT2D eigenvalue weighted by Gasteiger charge is 2.22. The maximum Gasteiger partial charge on any atom is 0.317 e. The summed E-state index contributed by atoms with van der Waals surface area (Å²) in [5, 5.41) is 2.74. The van der Waals surface area contributed by atoms with Gasteiger partial charge < -0.3 is 20.4 Å². The summed E-state index contributed by atoms with van der Waals surface area (Å²) in [7, 11) is 0. The van der Waals surface area contributed by atoms with Crippen LogP contribution < -0.4 is 22.2 Å². The number of allylic oxidation sites excluding steroid dienone is 1. The van der Waals surface area contributed by atoms with Gasteiger partial charge in [-0.3, -0.25) is 14.2 Å². The van der Waals surface area contributed by atoms with Crippen LogP contribution in [0.3, 0.4) is 0 Å². The Balaban J connectivity index is 2.18. The van der Waals surface area contributed by atoms with Gasteiger partial charge in [0.25, 0.3) is 0 Å². The van der Waals surface area contributed by atoms with Gasteiger partial charge in [0.05, 0.1) is 24.1 Å². The number of nitrogens with zero attached hydrogens (tertiary/aromatic N) is 2. The van der Waals surface area contributed by atoms with Gasteiger partial charge in [0, 0.05) is 18.4 Å². The van der Waals surface area contributed by atoms with Crippen LogP contribution in [0.15, 0.2) is 39.7 Å². The smallest absolute Gasteiger partial charge is 0.317 e. The molecule has 3 rings (SSSR count). The molecule has 0 aliphatic carbocycles. The van der Waals surface area contributed by atoms with E-state index in [2.05, 4.69) is 12.2 Å². The molecule has 1 aromatic carbocycles. The van der Waals surface area contributed by atoms with Gasteiger partial charge in [-0.25, -0.2) is 0 Å². The lowest BCUT2D eigenvalue weighted by atomic mass is 9.93. The van der Waals surface area contributed by atoms with Crippen LogP contribution in [-0.4, -0.2) is 22.0 Å². The van der Waals surface area contributed by atoms with Gasteiger partial charge in [-0.05, 0) is 24.0 Å². The van der Waals surface area contributed by atoms with Gasteiger partial charge in [0.15, 0.2) is 0 Å². The predicted molar refractivity (Wildman–Crippen MR) is 91.8 cm³/mol. The number of nitrogens with two attached hydrogens (primary N) is 1. The number of aldehydes is 1. The molecule has 1 aliphatic heterocycles. The van der Waals surface area contributed by atoms with Crippen molar-refractivity contribution in [2.45, 2.75) is 32.4 Å².